The summed E-state index contributed by atoms with van der Waals surface area (Å²) in [6, 6.07) is 20.2. The first-order valence-corrected chi connectivity index (χ1v) is 16.7. The third-order valence-electron chi connectivity index (χ3n) is 8.39. The average Bonchev–Trinajstić information content (AvgIpc) is 3.45. The van der Waals surface area contributed by atoms with Crippen LogP contribution in [-0.4, -0.2) is 93.8 Å². The summed E-state index contributed by atoms with van der Waals surface area (Å²) < 4.78 is 44.0. The van der Waals surface area contributed by atoms with E-state index in [4.69, 9.17) is 37.9 Å². The Morgan fingerprint density at radius 3 is 2.00 bits per heavy atom. The van der Waals surface area contributed by atoms with E-state index < -0.39 is 60.7 Å². The number of ether oxygens (including phenoxy) is 8. The van der Waals surface area contributed by atoms with Crippen molar-refractivity contribution in [3.05, 3.63) is 83.4 Å². The molecule has 0 radical (unpaired) electrons. The highest BCUT2D eigenvalue weighted by Crippen LogP contribution is 2.44. The lowest BCUT2D eigenvalue weighted by atomic mass is 9.97. The van der Waals surface area contributed by atoms with Crippen LogP contribution in [0.15, 0.2) is 66.7 Å². The van der Waals surface area contributed by atoms with Crippen LogP contribution in [0.5, 0.6) is 11.5 Å². The SMILES string of the molecule is COC(=O)[C@H]1O[C@@H](Oc2ccc(C=O)c(OCCCNC(=O)OCC3c4ccccc4-c4ccccc43)c2)[C@H](OC(C)=O)[C@@H](OC(C)=O)[C@@H]1OC(C)=O. The molecule has 1 aliphatic carbocycles. The van der Waals surface area contributed by atoms with Crippen molar-refractivity contribution in [2.75, 3.05) is 26.9 Å². The van der Waals surface area contributed by atoms with Gasteiger partial charge in [0.1, 0.15) is 18.1 Å². The van der Waals surface area contributed by atoms with Crippen LogP contribution in [0.3, 0.4) is 0 Å². The summed E-state index contributed by atoms with van der Waals surface area (Å²) in [6.45, 7) is 3.68. The molecule has 2 aliphatic rings. The molecule has 0 spiro atoms. The number of hydrogen-bond donors (Lipinski definition) is 1. The highest BCUT2D eigenvalue weighted by atomic mass is 16.7. The Bertz CT molecular complexity index is 1800. The smallest absolute Gasteiger partial charge is 0.407 e. The summed E-state index contributed by atoms with van der Waals surface area (Å²) in [5, 5.41) is 2.71. The first-order chi connectivity index (χ1) is 25.5. The maximum atomic E-state index is 12.7. The molecule has 5 rings (SSSR count). The minimum absolute atomic E-state index is 0.0423. The number of amides is 1. The lowest BCUT2D eigenvalue weighted by Crippen LogP contribution is -2.64. The average molecular weight is 734 g/mol. The zero-order valence-electron chi connectivity index (χ0n) is 29.4. The Labute approximate surface area is 304 Å². The lowest BCUT2D eigenvalue weighted by molar-refractivity contribution is -0.282. The monoisotopic (exact) mass is 733 g/mol. The van der Waals surface area contributed by atoms with Crippen molar-refractivity contribution in [3.63, 3.8) is 0 Å². The zero-order chi connectivity index (χ0) is 38.1. The van der Waals surface area contributed by atoms with E-state index in [9.17, 15) is 28.8 Å². The van der Waals surface area contributed by atoms with Crippen molar-refractivity contribution in [2.45, 2.75) is 63.8 Å². The molecule has 15 nitrogen and oxygen atoms in total. The lowest BCUT2D eigenvalue weighted by Gasteiger charge is -2.43. The minimum Gasteiger partial charge on any atom is -0.493 e. The quantitative estimate of drug-likeness (QED) is 0.109. The zero-order valence-corrected chi connectivity index (χ0v) is 29.4. The molecule has 0 bridgehead atoms. The highest BCUT2D eigenvalue weighted by molar-refractivity contribution is 5.80. The number of nitrogens with one attached hydrogen (secondary N) is 1. The van der Waals surface area contributed by atoms with Crippen molar-refractivity contribution in [1.82, 2.24) is 5.32 Å². The summed E-state index contributed by atoms with van der Waals surface area (Å²) in [5.74, 6) is -3.42. The number of aldehydes is 1. The Balaban J connectivity index is 1.20. The second-order valence-corrected chi connectivity index (χ2v) is 12.1. The van der Waals surface area contributed by atoms with Crippen LogP contribution in [0.4, 0.5) is 4.79 Å². The van der Waals surface area contributed by atoms with Crippen molar-refractivity contribution in [2.24, 2.45) is 0 Å². The number of alkyl carbamates (subject to hydrolysis) is 1. The van der Waals surface area contributed by atoms with E-state index in [1.165, 1.54) is 18.2 Å². The van der Waals surface area contributed by atoms with E-state index in [-0.39, 0.29) is 42.7 Å². The summed E-state index contributed by atoms with van der Waals surface area (Å²) in [5.41, 5.74) is 4.62. The largest absolute Gasteiger partial charge is 0.493 e. The molecule has 0 unspecified atom stereocenters. The van der Waals surface area contributed by atoms with Crippen LogP contribution < -0.4 is 14.8 Å². The van der Waals surface area contributed by atoms with Crippen molar-refractivity contribution in [3.8, 4) is 22.6 Å². The fourth-order valence-corrected chi connectivity index (χ4v) is 6.21. The van der Waals surface area contributed by atoms with Crippen LogP contribution in [0.1, 0.15) is 54.6 Å². The standard InChI is InChI=1S/C38H39NO14/c1-21(41)49-32-33(50-22(2)42)35(51-23(3)43)37(53-34(32)36(44)46-4)52-25-15-14-24(19-40)31(18-25)47-17-9-16-39-38(45)48-20-30-28-12-7-5-10-26(28)27-11-6-8-13-29(27)30/h5-8,10-15,18-19,30,32-35,37H,9,16-17,20H2,1-4H3,(H,39,45)/t32-,33-,34-,35+,37+/m0/s1. The van der Waals surface area contributed by atoms with Gasteiger partial charge in [-0.05, 0) is 40.8 Å². The number of methoxy groups -OCH3 is 1. The molecule has 1 saturated heterocycles. The third kappa shape index (κ3) is 9.29. The molecular formula is C38H39NO14. The molecule has 1 N–H and O–H groups in total. The van der Waals surface area contributed by atoms with Crippen molar-refractivity contribution < 1.29 is 66.7 Å². The van der Waals surface area contributed by atoms with Crippen LogP contribution >= 0.6 is 0 Å². The summed E-state index contributed by atoms with van der Waals surface area (Å²) in [6.07, 6.45) is -7.56. The van der Waals surface area contributed by atoms with Gasteiger partial charge in [-0.3, -0.25) is 19.2 Å². The van der Waals surface area contributed by atoms with Crippen molar-refractivity contribution >= 4 is 36.3 Å². The molecule has 1 heterocycles. The molecule has 0 aromatic heterocycles. The van der Waals surface area contributed by atoms with Gasteiger partial charge in [0.15, 0.2) is 24.6 Å². The molecule has 1 aliphatic heterocycles. The number of carbonyl (C=O) groups is 6. The topological polar surface area (TPSA) is 188 Å². The molecule has 280 valence electrons. The normalized spacial score (nSPS) is 20.1. The molecule has 5 atom stereocenters. The van der Waals surface area contributed by atoms with Crippen LogP contribution in [-0.2, 0) is 47.6 Å². The van der Waals surface area contributed by atoms with Gasteiger partial charge in [-0.15, -0.1) is 0 Å². The van der Waals surface area contributed by atoms with Gasteiger partial charge >= 0.3 is 30.0 Å². The number of hydrogen-bond acceptors (Lipinski definition) is 14. The number of carbonyl (C=O) groups excluding carboxylic acids is 6. The third-order valence-corrected chi connectivity index (χ3v) is 8.39. The molecule has 53 heavy (non-hydrogen) atoms. The van der Waals surface area contributed by atoms with Gasteiger partial charge < -0.3 is 43.2 Å². The van der Waals surface area contributed by atoms with Gasteiger partial charge in [-0.2, -0.15) is 0 Å². The molecule has 1 fully saturated rings. The number of esters is 4. The molecule has 0 saturated carbocycles. The molecule has 3 aromatic rings. The van der Waals surface area contributed by atoms with Gasteiger partial charge in [-0.25, -0.2) is 9.59 Å². The number of fused-ring (bicyclic) bond motifs is 3. The Morgan fingerprint density at radius 1 is 0.792 bits per heavy atom. The van der Waals surface area contributed by atoms with E-state index >= 15 is 0 Å². The molecule has 3 aromatic carbocycles. The molecular weight excluding hydrogens is 694 g/mol. The predicted molar refractivity (Wildman–Crippen MR) is 183 cm³/mol. The second-order valence-electron chi connectivity index (χ2n) is 12.1. The van der Waals surface area contributed by atoms with Gasteiger partial charge in [0.2, 0.25) is 12.4 Å². The maximum Gasteiger partial charge on any atom is 0.407 e. The van der Waals surface area contributed by atoms with Crippen LogP contribution in [0, 0.1) is 0 Å². The fourth-order valence-electron chi connectivity index (χ4n) is 6.21. The summed E-state index contributed by atoms with van der Waals surface area (Å²) in [4.78, 5) is 73.2. The van der Waals surface area contributed by atoms with Crippen LogP contribution in [0.25, 0.3) is 11.1 Å². The van der Waals surface area contributed by atoms with Crippen LogP contribution in [0.2, 0.25) is 0 Å². The van der Waals surface area contributed by atoms with E-state index in [1.54, 1.807) is 0 Å². The van der Waals surface area contributed by atoms with Gasteiger partial charge in [0.05, 0.1) is 19.3 Å². The van der Waals surface area contributed by atoms with Gasteiger partial charge in [0.25, 0.3) is 0 Å². The molecule has 1 amide bonds. The molecule has 15 heteroatoms. The van der Waals surface area contributed by atoms with E-state index in [0.717, 1.165) is 50.1 Å². The fraction of sp³-hybridized carbons (Fsp3) is 0.368. The summed E-state index contributed by atoms with van der Waals surface area (Å²) in [7, 11) is 1.07. The van der Waals surface area contributed by atoms with Crippen molar-refractivity contribution in [1.29, 1.82) is 0 Å². The van der Waals surface area contributed by atoms with E-state index in [0.29, 0.717) is 12.7 Å². The predicted octanol–water partition coefficient (Wildman–Crippen LogP) is 3.88. The maximum absolute atomic E-state index is 12.7. The van der Waals surface area contributed by atoms with Gasteiger partial charge in [0, 0.05) is 39.3 Å². The second kappa shape index (κ2) is 17.5. The summed E-state index contributed by atoms with van der Waals surface area (Å²) >= 11 is 0. The minimum atomic E-state index is -1.65. The number of rotatable bonds is 14. The van der Waals surface area contributed by atoms with E-state index in [2.05, 4.69) is 17.4 Å². The Kier molecular flexibility index (Phi) is 12.6. The highest BCUT2D eigenvalue weighted by Gasteiger charge is 2.56. The first-order valence-electron chi connectivity index (χ1n) is 16.7. The Hall–Kier alpha value is -5.96. The Morgan fingerprint density at radius 2 is 1.40 bits per heavy atom. The number of benzene rings is 3. The first kappa shape index (κ1) is 38.3. The van der Waals surface area contributed by atoms with E-state index in [1.807, 2.05) is 36.4 Å². The van der Waals surface area contributed by atoms with Gasteiger partial charge in [-0.1, -0.05) is 48.5 Å².